The van der Waals surface area contributed by atoms with Gasteiger partial charge in [0.15, 0.2) is 0 Å². The lowest BCUT2D eigenvalue weighted by Gasteiger charge is -2.25. The molecule has 64 valence electrons. The molecule has 1 heterocycles. The first-order valence-corrected chi connectivity index (χ1v) is 4.31. The zero-order valence-electron chi connectivity index (χ0n) is 7.21. The minimum atomic E-state index is 0.468. The van der Waals surface area contributed by atoms with Gasteiger partial charge in [-0.05, 0) is 13.1 Å². The van der Waals surface area contributed by atoms with Crippen LogP contribution in [0, 0.1) is 0 Å². The van der Waals surface area contributed by atoms with Gasteiger partial charge in [0.1, 0.15) is 5.75 Å². The maximum Gasteiger partial charge on any atom is 0.124 e. The normalized spacial score (nSPS) is 21.2. The van der Waals surface area contributed by atoms with Gasteiger partial charge >= 0.3 is 0 Å². The van der Waals surface area contributed by atoms with Crippen LogP contribution in [-0.4, -0.2) is 13.7 Å². The molecule has 0 bridgehead atoms. The highest BCUT2D eigenvalue weighted by molar-refractivity contribution is 5.37. The Morgan fingerprint density at radius 3 is 3.08 bits per heavy atom. The van der Waals surface area contributed by atoms with E-state index in [1.807, 2.05) is 19.2 Å². The summed E-state index contributed by atoms with van der Waals surface area (Å²) in [5.74, 6) is 1.03. The minimum absolute atomic E-state index is 0.468. The second-order valence-corrected chi connectivity index (χ2v) is 3.02. The maximum absolute atomic E-state index is 5.52. The molecular formula is C10H13NO. The van der Waals surface area contributed by atoms with Crippen molar-refractivity contribution in [1.82, 2.24) is 5.32 Å². The van der Waals surface area contributed by atoms with Crippen LogP contribution in [0.25, 0.3) is 0 Å². The fraction of sp³-hybridized carbons (Fsp3) is 0.400. The van der Waals surface area contributed by atoms with E-state index in [4.69, 9.17) is 4.74 Å². The highest BCUT2D eigenvalue weighted by atomic mass is 16.5. The van der Waals surface area contributed by atoms with Crippen LogP contribution in [-0.2, 0) is 0 Å². The van der Waals surface area contributed by atoms with Gasteiger partial charge in [0.05, 0.1) is 6.61 Å². The minimum Gasteiger partial charge on any atom is -0.493 e. The number of fused-ring (bicyclic) bond motifs is 1. The number of nitrogens with one attached hydrogen (secondary N) is 1. The average Bonchev–Trinajstić information content (AvgIpc) is 2.17. The van der Waals surface area contributed by atoms with E-state index in [-0.39, 0.29) is 0 Å². The van der Waals surface area contributed by atoms with Gasteiger partial charge in [-0.1, -0.05) is 18.2 Å². The Hall–Kier alpha value is -1.02. The number of rotatable bonds is 1. The van der Waals surface area contributed by atoms with E-state index in [1.54, 1.807) is 0 Å². The lowest BCUT2D eigenvalue weighted by Crippen LogP contribution is -2.23. The molecular weight excluding hydrogens is 150 g/mol. The van der Waals surface area contributed by atoms with Crippen molar-refractivity contribution in [2.75, 3.05) is 13.7 Å². The first-order chi connectivity index (χ1) is 5.92. The van der Waals surface area contributed by atoms with Gasteiger partial charge in [0, 0.05) is 18.0 Å². The summed E-state index contributed by atoms with van der Waals surface area (Å²) in [6, 6.07) is 8.68. The molecule has 0 unspecified atom stereocenters. The van der Waals surface area contributed by atoms with Crippen molar-refractivity contribution in [3.8, 4) is 5.75 Å². The second-order valence-electron chi connectivity index (χ2n) is 3.02. The molecule has 0 spiro atoms. The standard InChI is InChI=1S/C10H13NO/c1-11-9-6-7-12-10-5-3-2-4-8(9)10/h2-5,9,11H,6-7H2,1H3/t9-/m0/s1. The van der Waals surface area contributed by atoms with Crippen LogP contribution < -0.4 is 10.1 Å². The molecule has 1 atom stereocenters. The summed E-state index contributed by atoms with van der Waals surface area (Å²) >= 11 is 0. The van der Waals surface area contributed by atoms with E-state index in [0.29, 0.717) is 6.04 Å². The molecule has 0 radical (unpaired) electrons. The van der Waals surface area contributed by atoms with Crippen molar-refractivity contribution in [3.05, 3.63) is 29.8 Å². The Labute approximate surface area is 72.5 Å². The zero-order valence-corrected chi connectivity index (χ0v) is 7.21. The summed E-state index contributed by atoms with van der Waals surface area (Å²) in [5, 5.41) is 3.28. The quantitative estimate of drug-likeness (QED) is 0.680. The van der Waals surface area contributed by atoms with Crippen LogP contribution in [0.2, 0.25) is 0 Å². The van der Waals surface area contributed by atoms with Crippen LogP contribution in [0.4, 0.5) is 0 Å². The molecule has 12 heavy (non-hydrogen) atoms. The van der Waals surface area contributed by atoms with Crippen LogP contribution in [0.3, 0.4) is 0 Å². The Balaban J connectivity index is 2.37. The van der Waals surface area contributed by atoms with E-state index in [0.717, 1.165) is 18.8 Å². The number of hydrogen-bond donors (Lipinski definition) is 1. The predicted octanol–water partition coefficient (Wildman–Crippen LogP) is 1.73. The third-order valence-electron chi connectivity index (χ3n) is 2.31. The summed E-state index contributed by atoms with van der Waals surface area (Å²) in [5.41, 5.74) is 1.28. The van der Waals surface area contributed by atoms with Crippen molar-refractivity contribution < 1.29 is 4.74 Å². The van der Waals surface area contributed by atoms with Gasteiger partial charge < -0.3 is 10.1 Å². The topological polar surface area (TPSA) is 21.3 Å². The fourth-order valence-corrected chi connectivity index (χ4v) is 1.64. The van der Waals surface area contributed by atoms with Crippen LogP contribution in [0.15, 0.2) is 24.3 Å². The molecule has 1 aromatic carbocycles. The summed E-state index contributed by atoms with van der Waals surface area (Å²) in [6.45, 7) is 0.822. The smallest absolute Gasteiger partial charge is 0.124 e. The second kappa shape index (κ2) is 3.15. The number of hydrogen-bond acceptors (Lipinski definition) is 2. The fourth-order valence-electron chi connectivity index (χ4n) is 1.64. The van der Waals surface area contributed by atoms with Gasteiger partial charge in [-0.3, -0.25) is 0 Å². The molecule has 1 aliphatic heterocycles. The molecule has 1 N–H and O–H groups in total. The Morgan fingerprint density at radius 2 is 2.25 bits per heavy atom. The van der Waals surface area contributed by atoms with Crippen LogP contribution in [0.1, 0.15) is 18.0 Å². The van der Waals surface area contributed by atoms with Crippen molar-refractivity contribution in [1.29, 1.82) is 0 Å². The Bertz CT molecular complexity index is 272. The summed E-state index contributed by atoms with van der Waals surface area (Å²) in [4.78, 5) is 0. The lowest BCUT2D eigenvalue weighted by molar-refractivity contribution is 0.257. The van der Waals surface area contributed by atoms with Gasteiger partial charge in [-0.25, -0.2) is 0 Å². The van der Waals surface area contributed by atoms with E-state index >= 15 is 0 Å². The zero-order chi connectivity index (χ0) is 8.39. The van der Waals surface area contributed by atoms with Crippen LogP contribution >= 0.6 is 0 Å². The van der Waals surface area contributed by atoms with E-state index in [1.165, 1.54) is 5.56 Å². The first kappa shape index (κ1) is 7.62. The molecule has 0 amide bonds. The van der Waals surface area contributed by atoms with Crippen molar-refractivity contribution >= 4 is 0 Å². The summed E-state index contributed by atoms with van der Waals surface area (Å²) in [7, 11) is 1.99. The summed E-state index contributed by atoms with van der Waals surface area (Å²) in [6.07, 6.45) is 1.06. The average molecular weight is 163 g/mol. The van der Waals surface area contributed by atoms with E-state index in [2.05, 4.69) is 17.4 Å². The molecule has 2 rings (SSSR count). The molecule has 1 aliphatic rings. The molecule has 0 aromatic heterocycles. The molecule has 1 aromatic rings. The first-order valence-electron chi connectivity index (χ1n) is 4.31. The van der Waals surface area contributed by atoms with Crippen LogP contribution in [0.5, 0.6) is 5.75 Å². The van der Waals surface area contributed by atoms with E-state index in [9.17, 15) is 0 Å². The van der Waals surface area contributed by atoms with Gasteiger partial charge in [-0.2, -0.15) is 0 Å². The highest BCUT2D eigenvalue weighted by Gasteiger charge is 2.18. The molecule has 2 nitrogen and oxygen atoms in total. The SMILES string of the molecule is CN[C@H]1CCOc2ccccc21. The molecule has 0 aliphatic carbocycles. The lowest BCUT2D eigenvalue weighted by atomic mass is 10.0. The molecule has 2 heteroatoms. The van der Waals surface area contributed by atoms with E-state index < -0.39 is 0 Å². The van der Waals surface area contributed by atoms with Gasteiger partial charge in [0.2, 0.25) is 0 Å². The Morgan fingerprint density at radius 1 is 1.42 bits per heavy atom. The van der Waals surface area contributed by atoms with Crippen molar-refractivity contribution in [2.45, 2.75) is 12.5 Å². The number of ether oxygens (including phenoxy) is 1. The third-order valence-corrected chi connectivity index (χ3v) is 2.31. The van der Waals surface area contributed by atoms with Crippen molar-refractivity contribution in [2.24, 2.45) is 0 Å². The summed E-state index contributed by atoms with van der Waals surface area (Å²) < 4.78 is 5.52. The van der Waals surface area contributed by atoms with Gasteiger partial charge in [0.25, 0.3) is 0 Å². The molecule has 0 saturated heterocycles. The monoisotopic (exact) mass is 163 g/mol. The number of para-hydroxylation sites is 1. The Kier molecular flexibility index (Phi) is 2.00. The highest BCUT2D eigenvalue weighted by Crippen LogP contribution is 2.30. The number of benzene rings is 1. The van der Waals surface area contributed by atoms with Gasteiger partial charge in [-0.15, -0.1) is 0 Å². The molecule has 0 saturated carbocycles. The molecule has 0 fully saturated rings. The van der Waals surface area contributed by atoms with Crippen molar-refractivity contribution in [3.63, 3.8) is 0 Å². The largest absolute Gasteiger partial charge is 0.493 e. The third kappa shape index (κ3) is 1.18. The predicted molar refractivity (Wildman–Crippen MR) is 48.4 cm³/mol. The maximum atomic E-state index is 5.52.